The highest BCUT2D eigenvalue weighted by molar-refractivity contribution is 6.30. The van der Waals surface area contributed by atoms with Gasteiger partial charge < -0.3 is 5.11 Å². The van der Waals surface area contributed by atoms with Crippen LogP contribution >= 0.6 is 11.6 Å². The lowest BCUT2D eigenvalue weighted by Crippen LogP contribution is -2.21. The van der Waals surface area contributed by atoms with Crippen molar-refractivity contribution in [2.75, 3.05) is 0 Å². The third-order valence-electron chi connectivity index (χ3n) is 2.85. The van der Waals surface area contributed by atoms with E-state index in [2.05, 4.69) is 0 Å². The average molecular weight is 229 g/mol. The van der Waals surface area contributed by atoms with Gasteiger partial charge in [0.25, 0.3) is 0 Å². The Hall–Kier alpha value is -1.09. The lowest BCUT2D eigenvalue weighted by atomic mass is 9.94. The number of hydrogen-bond acceptors (Lipinski definition) is 1. The van der Waals surface area contributed by atoms with Crippen LogP contribution in [0.1, 0.15) is 24.0 Å². The maximum atomic E-state index is 13.7. The minimum atomic E-state index is -1.03. The summed E-state index contributed by atoms with van der Waals surface area (Å²) in [4.78, 5) is 11.0. The summed E-state index contributed by atoms with van der Waals surface area (Å²) >= 11 is 5.69. The van der Waals surface area contributed by atoms with Gasteiger partial charge in [-0.3, -0.25) is 4.79 Å². The summed E-state index contributed by atoms with van der Waals surface area (Å²) in [7, 11) is 0. The van der Waals surface area contributed by atoms with Crippen molar-refractivity contribution >= 4 is 17.6 Å². The first-order valence-electron chi connectivity index (χ1n) is 4.67. The Kier molecular flexibility index (Phi) is 2.23. The van der Waals surface area contributed by atoms with Crippen molar-refractivity contribution in [1.82, 2.24) is 0 Å². The molecule has 0 radical (unpaired) electrons. The molecular formula is C11H10ClFO2. The number of hydrogen-bond donors (Lipinski definition) is 1. The van der Waals surface area contributed by atoms with Crippen LogP contribution < -0.4 is 0 Å². The Balaban J connectivity index is 2.58. The second-order valence-electron chi connectivity index (χ2n) is 4.00. The monoisotopic (exact) mass is 228 g/mol. The van der Waals surface area contributed by atoms with Crippen molar-refractivity contribution in [3.63, 3.8) is 0 Å². The molecule has 0 aromatic heterocycles. The molecule has 0 atom stereocenters. The van der Waals surface area contributed by atoms with Crippen LogP contribution in [-0.4, -0.2) is 11.1 Å². The van der Waals surface area contributed by atoms with Gasteiger partial charge in [0.15, 0.2) is 0 Å². The zero-order chi connectivity index (χ0) is 11.2. The number of rotatable bonds is 2. The molecule has 1 saturated carbocycles. The van der Waals surface area contributed by atoms with E-state index in [9.17, 15) is 9.18 Å². The van der Waals surface area contributed by atoms with Crippen LogP contribution in [0.3, 0.4) is 0 Å². The Bertz CT molecular complexity index is 438. The van der Waals surface area contributed by atoms with Crippen LogP contribution in [0.15, 0.2) is 12.1 Å². The van der Waals surface area contributed by atoms with Crippen LogP contribution in [0.2, 0.25) is 5.02 Å². The van der Waals surface area contributed by atoms with E-state index in [1.54, 1.807) is 13.0 Å². The van der Waals surface area contributed by atoms with Crippen LogP contribution in [0.5, 0.6) is 0 Å². The van der Waals surface area contributed by atoms with Crippen molar-refractivity contribution in [2.45, 2.75) is 25.2 Å². The van der Waals surface area contributed by atoms with Crippen molar-refractivity contribution in [2.24, 2.45) is 0 Å². The standard InChI is InChI=1S/C11H10ClFO2/c1-6-4-7(9(13)8(12)5-6)11(2-3-11)10(14)15/h4-5H,2-3H2,1H3,(H,14,15). The number of carbonyl (C=O) groups is 1. The molecule has 0 bridgehead atoms. The normalized spacial score (nSPS) is 17.5. The first kappa shape index (κ1) is 10.4. The van der Waals surface area contributed by atoms with E-state index in [-0.39, 0.29) is 10.6 Å². The van der Waals surface area contributed by atoms with Gasteiger partial charge in [0.1, 0.15) is 5.82 Å². The van der Waals surface area contributed by atoms with E-state index in [0.29, 0.717) is 12.8 Å². The van der Waals surface area contributed by atoms with E-state index in [0.717, 1.165) is 5.56 Å². The van der Waals surface area contributed by atoms with Crippen LogP contribution in [0.4, 0.5) is 4.39 Å². The Morgan fingerprint density at radius 2 is 2.13 bits per heavy atom. The second-order valence-corrected chi connectivity index (χ2v) is 4.40. The van der Waals surface area contributed by atoms with E-state index in [1.807, 2.05) is 0 Å². The molecular weight excluding hydrogens is 219 g/mol. The van der Waals surface area contributed by atoms with Gasteiger partial charge in [-0.25, -0.2) is 4.39 Å². The average Bonchev–Trinajstić information content (AvgIpc) is 2.91. The van der Waals surface area contributed by atoms with Gasteiger partial charge in [0, 0.05) is 5.56 Å². The van der Waals surface area contributed by atoms with E-state index in [4.69, 9.17) is 16.7 Å². The van der Waals surface area contributed by atoms with Crippen molar-refractivity contribution < 1.29 is 14.3 Å². The molecule has 0 amide bonds. The lowest BCUT2D eigenvalue weighted by molar-refractivity contribution is -0.140. The Labute approximate surface area is 91.7 Å². The first-order valence-corrected chi connectivity index (χ1v) is 5.05. The zero-order valence-electron chi connectivity index (χ0n) is 8.18. The number of aliphatic carboxylic acids is 1. The Morgan fingerprint density at radius 1 is 1.53 bits per heavy atom. The van der Waals surface area contributed by atoms with Crippen LogP contribution in [0, 0.1) is 12.7 Å². The highest BCUT2D eigenvalue weighted by atomic mass is 35.5. The fourth-order valence-corrected chi connectivity index (χ4v) is 2.07. The van der Waals surface area contributed by atoms with Gasteiger partial charge in [-0.2, -0.15) is 0 Å². The molecule has 1 aliphatic carbocycles. The summed E-state index contributed by atoms with van der Waals surface area (Å²) in [5.74, 6) is -1.56. The molecule has 1 fully saturated rings. The zero-order valence-corrected chi connectivity index (χ0v) is 8.94. The first-order chi connectivity index (χ1) is 6.97. The maximum Gasteiger partial charge on any atom is 0.314 e. The van der Waals surface area contributed by atoms with Crippen LogP contribution in [-0.2, 0) is 10.2 Å². The third kappa shape index (κ3) is 1.51. The minimum absolute atomic E-state index is 0.00229. The molecule has 0 aliphatic heterocycles. The van der Waals surface area contributed by atoms with Gasteiger partial charge in [0.2, 0.25) is 0 Å². The quantitative estimate of drug-likeness (QED) is 0.845. The molecule has 1 N–H and O–H groups in total. The van der Waals surface area contributed by atoms with Crippen LogP contribution in [0.25, 0.3) is 0 Å². The molecule has 0 unspecified atom stereocenters. The number of benzene rings is 1. The van der Waals surface area contributed by atoms with Gasteiger partial charge in [-0.1, -0.05) is 17.7 Å². The molecule has 1 aromatic carbocycles. The predicted octanol–water partition coefficient (Wildman–Crippen LogP) is 2.90. The van der Waals surface area contributed by atoms with Crippen molar-refractivity contribution in [1.29, 1.82) is 0 Å². The summed E-state index contributed by atoms with van der Waals surface area (Å²) in [6.45, 7) is 1.77. The summed E-state index contributed by atoms with van der Waals surface area (Å²) in [5, 5.41) is 9.05. The number of aryl methyl sites for hydroxylation is 1. The van der Waals surface area contributed by atoms with Gasteiger partial charge >= 0.3 is 5.97 Å². The molecule has 0 heterocycles. The van der Waals surface area contributed by atoms with Crippen molar-refractivity contribution in [3.8, 4) is 0 Å². The molecule has 1 aromatic rings. The number of halogens is 2. The summed E-state index contributed by atoms with van der Waals surface area (Å²) in [5.41, 5.74) is -0.0244. The van der Waals surface area contributed by atoms with E-state index >= 15 is 0 Å². The van der Waals surface area contributed by atoms with E-state index in [1.165, 1.54) is 6.07 Å². The van der Waals surface area contributed by atoms with Gasteiger partial charge in [-0.15, -0.1) is 0 Å². The maximum absolute atomic E-state index is 13.7. The smallest absolute Gasteiger partial charge is 0.314 e. The minimum Gasteiger partial charge on any atom is -0.481 e. The second kappa shape index (κ2) is 3.20. The lowest BCUT2D eigenvalue weighted by Gasteiger charge is -2.13. The van der Waals surface area contributed by atoms with Gasteiger partial charge in [-0.05, 0) is 31.4 Å². The third-order valence-corrected chi connectivity index (χ3v) is 3.12. The molecule has 4 heteroatoms. The number of carboxylic acid groups (broad SMARTS) is 1. The molecule has 0 saturated heterocycles. The Morgan fingerprint density at radius 3 is 2.60 bits per heavy atom. The van der Waals surface area contributed by atoms with Crippen molar-refractivity contribution in [3.05, 3.63) is 34.1 Å². The molecule has 2 rings (SSSR count). The summed E-state index contributed by atoms with van der Waals surface area (Å²) in [6.07, 6.45) is 0.970. The fraction of sp³-hybridized carbons (Fsp3) is 0.364. The largest absolute Gasteiger partial charge is 0.481 e. The SMILES string of the molecule is Cc1cc(Cl)c(F)c(C2(C(=O)O)CC2)c1. The highest BCUT2D eigenvalue weighted by Crippen LogP contribution is 2.50. The van der Waals surface area contributed by atoms with Gasteiger partial charge in [0.05, 0.1) is 10.4 Å². The summed E-state index contributed by atoms with van der Waals surface area (Å²) < 4.78 is 13.7. The predicted molar refractivity (Wildman–Crippen MR) is 54.7 cm³/mol. The summed E-state index contributed by atoms with van der Waals surface area (Å²) in [6, 6.07) is 3.07. The highest BCUT2D eigenvalue weighted by Gasteiger charge is 2.53. The molecule has 2 nitrogen and oxygen atoms in total. The molecule has 1 aliphatic rings. The fourth-order valence-electron chi connectivity index (χ4n) is 1.80. The number of carboxylic acids is 1. The molecule has 0 spiro atoms. The molecule has 15 heavy (non-hydrogen) atoms. The molecule has 80 valence electrons. The van der Waals surface area contributed by atoms with E-state index < -0.39 is 17.2 Å². The topological polar surface area (TPSA) is 37.3 Å².